The van der Waals surface area contributed by atoms with Crippen molar-refractivity contribution in [1.82, 2.24) is 4.90 Å². The number of piperidine rings is 1. The number of carbonyl (C=O) groups is 2. The Bertz CT molecular complexity index is 1390. The van der Waals surface area contributed by atoms with Crippen LogP contribution in [0.2, 0.25) is 0 Å². The molecule has 0 spiro atoms. The van der Waals surface area contributed by atoms with Gasteiger partial charge in [-0.25, -0.2) is 0 Å². The van der Waals surface area contributed by atoms with Crippen molar-refractivity contribution in [2.45, 2.75) is 18.9 Å². The van der Waals surface area contributed by atoms with Crippen molar-refractivity contribution in [3.8, 4) is 23.0 Å². The summed E-state index contributed by atoms with van der Waals surface area (Å²) in [5.41, 5.74) is 2.61. The number of rotatable bonds is 6. The predicted molar refractivity (Wildman–Crippen MR) is 150 cm³/mol. The fourth-order valence-corrected chi connectivity index (χ4v) is 5.97. The smallest absolute Gasteiger partial charge is 0.231 e. The molecular formula is C31H33N3O6. The van der Waals surface area contributed by atoms with Gasteiger partial charge in [-0.05, 0) is 48.4 Å². The van der Waals surface area contributed by atoms with Crippen molar-refractivity contribution in [2.24, 2.45) is 5.92 Å². The number of amides is 2. The summed E-state index contributed by atoms with van der Waals surface area (Å²) in [6.07, 6.45) is 0.779. The zero-order valence-electron chi connectivity index (χ0n) is 22.7. The Hall–Kier alpha value is -4.40. The number of fused-ring (bicyclic) bond motifs is 1. The molecule has 3 aliphatic rings. The highest BCUT2D eigenvalue weighted by molar-refractivity contribution is 5.98. The molecule has 0 radical (unpaired) electrons. The SMILES string of the molecule is COc1ccc([C@H]2[C@@H](C(=O)N3CCN(c4ccccc4OC)CC3)CCC(=O)N2c2ccc3c(c2)OCO3)cc1. The first-order valence-electron chi connectivity index (χ1n) is 13.6. The van der Waals surface area contributed by atoms with E-state index in [2.05, 4.69) is 4.90 Å². The fraction of sp³-hybridized carbons (Fsp3) is 0.355. The zero-order chi connectivity index (χ0) is 27.6. The van der Waals surface area contributed by atoms with Gasteiger partial charge in [0, 0.05) is 44.4 Å². The Balaban J connectivity index is 1.29. The van der Waals surface area contributed by atoms with E-state index < -0.39 is 12.0 Å². The second-order valence-electron chi connectivity index (χ2n) is 10.1. The van der Waals surface area contributed by atoms with Crippen LogP contribution in [0.5, 0.6) is 23.0 Å². The summed E-state index contributed by atoms with van der Waals surface area (Å²) in [6, 6.07) is 20.6. The van der Waals surface area contributed by atoms with Crippen LogP contribution in [0.3, 0.4) is 0 Å². The van der Waals surface area contributed by atoms with Gasteiger partial charge in [0.1, 0.15) is 11.5 Å². The van der Waals surface area contributed by atoms with E-state index in [1.165, 1.54) is 0 Å². The van der Waals surface area contributed by atoms with Gasteiger partial charge in [0.15, 0.2) is 11.5 Å². The molecular weight excluding hydrogens is 510 g/mol. The minimum Gasteiger partial charge on any atom is -0.497 e. The summed E-state index contributed by atoms with van der Waals surface area (Å²) < 4.78 is 22.0. The number of piperazine rings is 1. The molecule has 3 heterocycles. The number of para-hydroxylation sites is 2. The molecule has 9 nitrogen and oxygen atoms in total. The standard InChI is InChI=1S/C31H33N3O6/c1-37-23-10-7-21(8-11-23)30-24(12-14-29(35)34(30)22-9-13-27-28(19-22)40-20-39-27)31(36)33-17-15-32(16-18-33)25-5-3-4-6-26(25)38-2/h3-11,13,19,24,30H,12,14-18,20H2,1-2H3/t24-,30-/m0/s1. The highest BCUT2D eigenvalue weighted by atomic mass is 16.7. The van der Waals surface area contributed by atoms with E-state index in [-0.39, 0.29) is 18.6 Å². The summed E-state index contributed by atoms with van der Waals surface area (Å²) in [5, 5.41) is 0. The number of ether oxygens (including phenoxy) is 4. The van der Waals surface area contributed by atoms with Crippen LogP contribution < -0.4 is 28.7 Å². The van der Waals surface area contributed by atoms with Gasteiger partial charge in [0.2, 0.25) is 18.6 Å². The van der Waals surface area contributed by atoms with Gasteiger partial charge in [0.05, 0.1) is 31.9 Å². The second kappa shape index (κ2) is 11.0. The maximum absolute atomic E-state index is 14.2. The van der Waals surface area contributed by atoms with E-state index >= 15 is 0 Å². The number of hydrogen-bond acceptors (Lipinski definition) is 7. The molecule has 2 fully saturated rings. The van der Waals surface area contributed by atoms with Crippen molar-refractivity contribution >= 4 is 23.2 Å². The first kappa shape index (κ1) is 25.9. The van der Waals surface area contributed by atoms with Crippen LogP contribution in [0.1, 0.15) is 24.4 Å². The molecule has 40 heavy (non-hydrogen) atoms. The number of benzene rings is 3. The summed E-state index contributed by atoms with van der Waals surface area (Å²) in [7, 11) is 3.29. The predicted octanol–water partition coefficient (Wildman–Crippen LogP) is 4.27. The molecule has 9 heteroatoms. The molecule has 0 saturated carbocycles. The lowest BCUT2D eigenvalue weighted by atomic mass is 9.82. The molecule has 208 valence electrons. The Morgan fingerprint density at radius 2 is 1.62 bits per heavy atom. The minimum absolute atomic E-state index is 0.0234. The third-order valence-corrected chi connectivity index (χ3v) is 8.02. The van der Waals surface area contributed by atoms with Crippen LogP contribution >= 0.6 is 0 Å². The van der Waals surface area contributed by atoms with E-state index in [0.717, 1.165) is 22.7 Å². The lowest BCUT2D eigenvalue weighted by molar-refractivity contribution is -0.138. The average molecular weight is 544 g/mol. The Labute approximate surface area is 233 Å². The summed E-state index contributed by atoms with van der Waals surface area (Å²) in [5.74, 6) is 2.44. The summed E-state index contributed by atoms with van der Waals surface area (Å²) in [6.45, 7) is 2.76. The van der Waals surface area contributed by atoms with E-state index in [0.29, 0.717) is 56.2 Å². The van der Waals surface area contributed by atoms with E-state index in [4.69, 9.17) is 18.9 Å². The van der Waals surface area contributed by atoms with Crippen LogP contribution in [0.4, 0.5) is 11.4 Å². The summed E-state index contributed by atoms with van der Waals surface area (Å²) >= 11 is 0. The largest absolute Gasteiger partial charge is 0.497 e. The van der Waals surface area contributed by atoms with Gasteiger partial charge in [-0.1, -0.05) is 24.3 Å². The minimum atomic E-state index is -0.465. The molecule has 2 saturated heterocycles. The molecule has 6 rings (SSSR count). The Kier molecular flexibility index (Phi) is 7.11. The normalized spacial score (nSPS) is 20.4. The first-order chi connectivity index (χ1) is 19.6. The highest BCUT2D eigenvalue weighted by Gasteiger charge is 2.43. The topological polar surface area (TPSA) is 80.8 Å². The quantitative estimate of drug-likeness (QED) is 0.460. The van der Waals surface area contributed by atoms with Crippen LogP contribution in [0.15, 0.2) is 66.7 Å². The Morgan fingerprint density at radius 3 is 2.38 bits per heavy atom. The van der Waals surface area contributed by atoms with Gasteiger partial charge in [0.25, 0.3) is 0 Å². The molecule has 0 aromatic heterocycles. The van der Waals surface area contributed by atoms with Gasteiger partial charge in [-0.15, -0.1) is 0 Å². The number of carbonyl (C=O) groups excluding carboxylic acids is 2. The van der Waals surface area contributed by atoms with Crippen LogP contribution in [-0.2, 0) is 9.59 Å². The molecule has 2 atom stereocenters. The van der Waals surface area contributed by atoms with Crippen LogP contribution in [-0.4, -0.2) is 63.9 Å². The molecule has 3 aromatic carbocycles. The highest BCUT2D eigenvalue weighted by Crippen LogP contribution is 2.44. The third kappa shape index (κ3) is 4.76. The monoisotopic (exact) mass is 543 g/mol. The lowest BCUT2D eigenvalue weighted by Crippen LogP contribution is -2.54. The van der Waals surface area contributed by atoms with Crippen molar-refractivity contribution in [3.05, 3.63) is 72.3 Å². The van der Waals surface area contributed by atoms with Crippen molar-refractivity contribution in [3.63, 3.8) is 0 Å². The lowest BCUT2D eigenvalue weighted by Gasteiger charge is -2.44. The Morgan fingerprint density at radius 1 is 0.875 bits per heavy atom. The zero-order valence-corrected chi connectivity index (χ0v) is 22.7. The molecule has 3 aliphatic heterocycles. The first-order valence-corrected chi connectivity index (χ1v) is 13.6. The summed E-state index contributed by atoms with van der Waals surface area (Å²) in [4.78, 5) is 33.6. The van der Waals surface area contributed by atoms with Gasteiger partial charge >= 0.3 is 0 Å². The number of nitrogens with zero attached hydrogens (tertiary/aromatic N) is 3. The van der Waals surface area contributed by atoms with Crippen molar-refractivity contribution < 1.29 is 28.5 Å². The number of hydrogen-bond donors (Lipinski definition) is 0. The third-order valence-electron chi connectivity index (χ3n) is 8.02. The average Bonchev–Trinajstić information content (AvgIpc) is 3.49. The van der Waals surface area contributed by atoms with Crippen molar-refractivity contribution in [1.29, 1.82) is 0 Å². The van der Waals surface area contributed by atoms with Gasteiger partial charge in [-0.3, -0.25) is 9.59 Å². The van der Waals surface area contributed by atoms with Gasteiger partial charge in [-0.2, -0.15) is 0 Å². The van der Waals surface area contributed by atoms with Gasteiger partial charge < -0.3 is 33.6 Å². The molecule has 0 aliphatic carbocycles. The molecule has 0 unspecified atom stereocenters. The maximum Gasteiger partial charge on any atom is 0.231 e. The maximum atomic E-state index is 14.2. The van der Waals surface area contributed by atoms with E-state index in [9.17, 15) is 9.59 Å². The van der Waals surface area contributed by atoms with Crippen LogP contribution in [0.25, 0.3) is 0 Å². The second-order valence-corrected chi connectivity index (χ2v) is 10.1. The van der Waals surface area contributed by atoms with E-state index in [1.54, 1.807) is 19.1 Å². The molecule has 3 aromatic rings. The molecule has 0 N–H and O–H groups in total. The fourth-order valence-electron chi connectivity index (χ4n) is 5.97. The van der Waals surface area contributed by atoms with Crippen molar-refractivity contribution in [2.75, 3.05) is 57.0 Å². The molecule has 0 bridgehead atoms. The van der Waals surface area contributed by atoms with Crippen LogP contribution in [0, 0.1) is 5.92 Å². The van der Waals surface area contributed by atoms with E-state index in [1.807, 2.05) is 71.6 Å². The number of methoxy groups -OCH3 is 2. The molecule has 2 amide bonds. The number of anilines is 2.